The van der Waals surface area contributed by atoms with Crippen LogP contribution in [0.4, 0.5) is 17.7 Å². The number of nitrogens with zero attached hydrogens (tertiary/aromatic N) is 8. The minimum Gasteiger partial charge on any atom is -0.462 e. The van der Waals surface area contributed by atoms with Gasteiger partial charge in [-0.2, -0.15) is 10.2 Å². The molecule has 0 saturated carbocycles. The van der Waals surface area contributed by atoms with E-state index in [1.807, 2.05) is 66.5 Å². The number of ether oxygens (including phenoxy) is 1. The largest absolute Gasteiger partial charge is 0.462 e. The van der Waals surface area contributed by atoms with Crippen LogP contribution in [0.1, 0.15) is 53.3 Å². The number of carbonyl (C=O) groups is 1. The Kier molecular flexibility index (Phi) is 10.3. The number of rotatable bonds is 8. The first-order valence-electron chi connectivity index (χ1n) is 14.3. The van der Waals surface area contributed by atoms with Gasteiger partial charge in [0.25, 0.3) is 5.56 Å². The predicted molar refractivity (Wildman–Crippen MR) is 172 cm³/mol. The Morgan fingerprint density at radius 3 is 2.36 bits per heavy atom. The number of fused-ring (bicyclic) bond motifs is 1. The van der Waals surface area contributed by atoms with Gasteiger partial charge in [0, 0.05) is 32.4 Å². The van der Waals surface area contributed by atoms with Gasteiger partial charge >= 0.3 is 5.97 Å². The lowest BCUT2D eigenvalue weighted by Gasteiger charge is -2.19. The molecule has 5 aromatic rings. The van der Waals surface area contributed by atoms with Crippen LogP contribution < -0.4 is 21.9 Å². The highest BCUT2D eigenvalue weighted by Crippen LogP contribution is 2.20. The number of benzene rings is 2. The monoisotopic (exact) mass is 606 g/mol. The number of esters is 1. The molecular weight excluding hydrogens is 572 g/mol. The summed E-state index contributed by atoms with van der Waals surface area (Å²) in [7, 11) is 1.84. The molecule has 0 spiro atoms. The number of para-hydroxylation sites is 1. The zero-order valence-electron chi connectivity index (χ0n) is 25.6. The van der Waals surface area contributed by atoms with E-state index >= 15 is 0 Å². The zero-order valence-corrected chi connectivity index (χ0v) is 25.6. The highest BCUT2D eigenvalue weighted by atomic mass is 16.5. The van der Waals surface area contributed by atoms with Gasteiger partial charge in [0.2, 0.25) is 11.9 Å². The van der Waals surface area contributed by atoms with Crippen LogP contribution in [0, 0.1) is 18.3 Å². The van der Waals surface area contributed by atoms with E-state index < -0.39 is 5.97 Å². The maximum atomic E-state index is 13.8. The minimum atomic E-state index is -0.457. The normalized spacial score (nSPS) is 10.5. The van der Waals surface area contributed by atoms with Crippen LogP contribution in [0.2, 0.25) is 0 Å². The maximum Gasteiger partial charge on any atom is 0.341 e. The third-order valence-electron chi connectivity index (χ3n) is 6.69. The molecule has 0 fully saturated rings. The minimum absolute atomic E-state index is 0.0952. The second-order valence-electron chi connectivity index (χ2n) is 9.95. The van der Waals surface area contributed by atoms with Gasteiger partial charge in [-0.15, -0.1) is 0 Å². The van der Waals surface area contributed by atoms with Crippen molar-refractivity contribution in [3.63, 3.8) is 0 Å². The highest BCUT2D eigenvalue weighted by molar-refractivity contribution is 5.88. The van der Waals surface area contributed by atoms with E-state index in [2.05, 4.69) is 26.9 Å². The number of nitriles is 1. The van der Waals surface area contributed by atoms with Crippen LogP contribution in [-0.4, -0.2) is 49.1 Å². The van der Waals surface area contributed by atoms with Crippen LogP contribution in [0.5, 0.6) is 0 Å². The van der Waals surface area contributed by atoms with E-state index in [1.54, 1.807) is 18.4 Å². The summed E-state index contributed by atoms with van der Waals surface area (Å²) in [4.78, 5) is 48.3. The number of nitrogen functional groups attached to an aromatic ring is 2. The fourth-order valence-electron chi connectivity index (χ4n) is 4.63. The Labute approximate surface area is 260 Å². The van der Waals surface area contributed by atoms with Crippen LogP contribution >= 0.6 is 0 Å². The Morgan fingerprint density at radius 2 is 1.73 bits per heavy atom. The molecule has 230 valence electrons. The molecule has 0 aliphatic rings. The summed E-state index contributed by atoms with van der Waals surface area (Å²) < 4.78 is 6.69. The van der Waals surface area contributed by atoms with E-state index in [9.17, 15) is 9.59 Å². The topological polar surface area (TPSA) is 192 Å². The lowest BCUT2D eigenvalue weighted by atomic mass is 10.1. The summed E-state index contributed by atoms with van der Waals surface area (Å²) >= 11 is 0. The standard InChI is InChI=1S/C26H27N5O3.C6H7N5/c1-4-10-22-29-21-14-9-11-18(23(21)24(32)31(22)20-12-7-6-8-13-20)17-30(3)26-27-15-19(16-28-26)25(33)34-5-2;1-3-4(2-7)5(8)11-6(9)10-3/h6-9,11-16H,4-5,10,17H2,1-3H3;1H3,(H4,8,9,10,11). The molecule has 45 heavy (non-hydrogen) atoms. The molecule has 0 aliphatic heterocycles. The number of nitrogens with two attached hydrogens (primary N) is 2. The Bertz CT molecular complexity index is 1880. The number of hydrogen-bond donors (Lipinski definition) is 2. The van der Waals surface area contributed by atoms with E-state index in [0.29, 0.717) is 46.6 Å². The van der Waals surface area contributed by atoms with Crippen molar-refractivity contribution >= 4 is 34.6 Å². The maximum absolute atomic E-state index is 13.8. The molecular formula is C32H34N10O3. The molecule has 13 nitrogen and oxygen atoms in total. The molecule has 13 heteroatoms. The summed E-state index contributed by atoms with van der Waals surface area (Å²) in [5.41, 5.74) is 13.9. The molecule has 5 rings (SSSR count). The van der Waals surface area contributed by atoms with Crippen molar-refractivity contribution in [3.05, 3.63) is 99.5 Å². The fourth-order valence-corrected chi connectivity index (χ4v) is 4.63. The van der Waals surface area contributed by atoms with Gasteiger partial charge < -0.3 is 21.1 Å². The molecule has 0 unspecified atom stereocenters. The quantitative estimate of drug-likeness (QED) is 0.243. The lowest BCUT2D eigenvalue weighted by Crippen LogP contribution is -2.26. The summed E-state index contributed by atoms with van der Waals surface area (Å²) in [6.45, 7) is 6.17. The molecule has 0 aliphatic carbocycles. The van der Waals surface area contributed by atoms with Crippen LogP contribution in [-0.2, 0) is 17.7 Å². The van der Waals surface area contributed by atoms with Crippen molar-refractivity contribution in [2.75, 3.05) is 30.0 Å². The summed E-state index contributed by atoms with van der Waals surface area (Å²) in [5.74, 6) is 0.955. The molecule has 3 heterocycles. The Morgan fingerprint density at radius 1 is 1.02 bits per heavy atom. The molecule has 0 atom stereocenters. The third kappa shape index (κ3) is 7.37. The summed E-state index contributed by atoms with van der Waals surface area (Å²) in [6.07, 6.45) is 4.47. The fraction of sp³-hybridized carbons (Fsp3) is 0.250. The lowest BCUT2D eigenvalue weighted by molar-refractivity contribution is 0.0525. The first kappa shape index (κ1) is 32.0. The van der Waals surface area contributed by atoms with Gasteiger partial charge in [0.15, 0.2) is 0 Å². The van der Waals surface area contributed by atoms with Gasteiger partial charge in [-0.05, 0) is 44.0 Å². The van der Waals surface area contributed by atoms with Gasteiger partial charge in [0.05, 0.1) is 34.5 Å². The second-order valence-corrected chi connectivity index (χ2v) is 9.95. The highest BCUT2D eigenvalue weighted by Gasteiger charge is 2.17. The first-order valence-corrected chi connectivity index (χ1v) is 14.3. The molecule has 3 aromatic heterocycles. The zero-order chi connectivity index (χ0) is 32.5. The van der Waals surface area contributed by atoms with Crippen LogP contribution in [0.15, 0.2) is 65.7 Å². The molecule has 0 bridgehead atoms. The van der Waals surface area contributed by atoms with E-state index in [-0.39, 0.29) is 23.9 Å². The van der Waals surface area contributed by atoms with Gasteiger partial charge in [-0.25, -0.2) is 24.7 Å². The van der Waals surface area contributed by atoms with Crippen molar-refractivity contribution in [3.8, 4) is 11.8 Å². The van der Waals surface area contributed by atoms with Crippen molar-refractivity contribution < 1.29 is 9.53 Å². The van der Waals surface area contributed by atoms with E-state index in [4.69, 9.17) is 26.5 Å². The summed E-state index contributed by atoms with van der Waals surface area (Å²) in [5, 5.41) is 9.11. The first-order chi connectivity index (χ1) is 21.7. The van der Waals surface area contributed by atoms with Crippen molar-refractivity contribution in [1.29, 1.82) is 5.26 Å². The van der Waals surface area contributed by atoms with E-state index in [0.717, 1.165) is 23.5 Å². The van der Waals surface area contributed by atoms with Crippen molar-refractivity contribution in [2.45, 2.75) is 40.2 Å². The Balaban J connectivity index is 0.000000354. The number of aryl methyl sites for hydroxylation is 2. The predicted octanol–water partition coefficient (Wildman–Crippen LogP) is 3.76. The van der Waals surface area contributed by atoms with E-state index in [1.165, 1.54) is 12.4 Å². The average Bonchev–Trinajstić information content (AvgIpc) is 3.02. The average molecular weight is 607 g/mol. The summed E-state index contributed by atoms with van der Waals surface area (Å²) in [6, 6.07) is 17.2. The van der Waals surface area contributed by atoms with Crippen molar-refractivity contribution in [1.82, 2.24) is 29.5 Å². The number of hydrogen-bond acceptors (Lipinski definition) is 12. The number of anilines is 3. The number of carbonyl (C=O) groups excluding carboxylic acids is 1. The Hall–Kier alpha value is -5.90. The van der Waals surface area contributed by atoms with Gasteiger partial charge in [-0.1, -0.05) is 37.3 Å². The van der Waals surface area contributed by atoms with Crippen LogP contribution in [0.3, 0.4) is 0 Å². The smallest absolute Gasteiger partial charge is 0.341 e. The second kappa shape index (κ2) is 14.5. The van der Waals surface area contributed by atoms with Gasteiger partial charge in [-0.3, -0.25) is 9.36 Å². The molecule has 0 amide bonds. The molecule has 4 N–H and O–H groups in total. The van der Waals surface area contributed by atoms with Gasteiger partial charge in [0.1, 0.15) is 23.3 Å². The van der Waals surface area contributed by atoms with Crippen molar-refractivity contribution in [2.24, 2.45) is 0 Å². The molecule has 0 saturated heterocycles. The molecule has 2 aromatic carbocycles. The molecule has 0 radical (unpaired) electrons. The third-order valence-corrected chi connectivity index (χ3v) is 6.69. The SMILES string of the molecule is CCCc1nc2cccc(CN(C)c3ncc(C(=O)OCC)cn3)c2c(=O)n1-c1ccccc1.Cc1nc(N)nc(N)c1C#N. The van der Waals surface area contributed by atoms with Crippen LogP contribution in [0.25, 0.3) is 16.6 Å². The number of aromatic nitrogens is 6.